The quantitative estimate of drug-likeness (QED) is 0.365. The molecule has 0 aliphatic heterocycles. The van der Waals surface area contributed by atoms with E-state index in [9.17, 15) is 0 Å². The van der Waals surface area contributed by atoms with Crippen LogP contribution in [0.25, 0.3) is 11.1 Å². The van der Waals surface area contributed by atoms with Gasteiger partial charge in [0.15, 0.2) is 0 Å². The zero-order valence-corrected chi connectivity index (χ0v) is 17.9. The Morgan fingerprint density at radius 2 is 1.87 bits per heavy atom. The van der Waals surface area contributed by atoms with Crippen molar-refractivity contribution in [2.75, 3.05) is 7.11 Å². The molecule has 2 aliphatic carbocycles. The predicted molar refractivity (Wildman–Crippen MR) is 82.7 cm³/mol. The zero-order chi connectivity index (χ0) is 14.2. The summed E-state index contributed by atoms with van der Waals surface area (Å²) in [4.78, 5) is 0. The molecule has 0 amide bonds. The number of allylic oxidation sites excluding steroid dienone is 4. The Labute approximate surface area is 161 Å². The Balaban J connectivity index is 0.000000960. The molecule has 0 saturated heterocycles. The summed E-state index contributed by atoms with van der Waals surface area (Å²) < 4.78 is 8.96. The van der Waals surface area contributed by atoms with Crippen molar-refractivity contribution >= 4 is 3.32 Å². The van der Waals surface area contributed by atoms with Crippen LogP contribution in [0, 0.1) is 0 Å². The van der Waals surface area contributed by atoms with E-state index < -0.39 is 22.9 Å². The van der Waals surface area contributed by atoms with Crippen molar-refractivity contribution in [1.82, 2.24) is 0 Å². The number of fused-ring (bicyclic) bond motifs is 3. The molecule has 2 aliphatic rings. The average Bonchev–Trinajstić information content (AvgIpc) is 3.15. The molecule has 4 rings (SSSR count). The van der Waals surface area contributed by atoms with Gasteiger partial charge in [0.25, 0.3) is 0 Å². The molecular formula is C19H16Cl2HfO. The Kier molecular flexibility index (Phi) is 6.30. The molecule has 0 saturated carbocycles. The van der Waals surface area contributed by atoms with Crippen LogP contribution in [0.5, 0.6) is 5.75 Å². The second kappa shape index (κ2) is 7.83. The molecule has 0 radical (unpaired) electrons. The van der Waals surface area contributed by atoms with Crippen molar-refractivity contribution in [2.24, 2.45) is 0 Å². The number of hydrogen-bond acceptors (Lipinski definition) is 1. The molecule has 4 heteroatoms. The van der Waals surface area contributed by atoms with Gasteiger partial charge in [-0.25, -0.2) is 0 Å². The minimum atomic E-state index is -0.912. The van der Waals surface area contributed by atoms with E-state index in [1.807, 2.05) is 0 Å². The molecule has 0 spiro atoms. The third-order valence-corrected chi connectivity index (χ3v) is 9.35. The van der Waals surface area contributed by atoms with Gasteiger partial charge in [-0.3, -0.25) is 0 Å². The van der Waals surface area contributed by atoms with Gasteiger partial charge in [-0.2, -0.15) is 0 Å². The maximum atomic E-state index is 5.63. The van der Waals surface area contributed by atoms with Crippen LogP contribution >= 0.6 is 0 Å². The van der Waals surface area contributed by atoms with E-state index in [2.05, 4.69) is 54.6 Å². The molecular weight excluding hydrogens is 494 g/mol. The number of hydrogen-bond donors (Lipinski definition) is 0. The summed E-state index contributed by atoms with van der Waals surface area (Å²) in [5.74, 6) is 1.03. The van der Waals surface area contributed by atoms with E-state index in [0.717, 1.165) is 12.2 Å². The van der Waals surface area contributed by atoms with Gasteiger partial charge in [0.1, 0.15) is 0 Å². The van der Waals surface area contributed by atoms with Gasteiger partial charge in [0.05, 0.1) is 0 Å². The molecule has 2 aromatic carbocycles. The maximum absolute atomic E-state index is 5.63. The number of methoxy groups -OCH3 is 1. The Morgan fingerprint density at radius 1 is 1.04 bits per heavy atom. The molecule has 0 N–H and O–H groups in total. The van der Waals surface area contributed by atoms with Crippen LogP contribution < -0.4 is 32.9 Å². The van der Waals surface area contributed by atoms with E-state index in [4.69, 9.17) is 4.74 Å². The zero-order valence-electron chi connectivity index (χ0n) is 12.8. The number of benzene rings is 2. The van der Waals surface area contributed by atoms with Gasteiger partial charge in [0, 0.05) is 0 Å². The minimum absolute atomic E-state index is 0. The first-order valence-electron chi connectivity index (χ1n) is 7.27. The first kappa shape index (κ1) is 18.5. The number of halogens is 2. The minimum Gasteiger partial charge on any atom is -1.00 e. The van der Waals surface area contributed by atoms with Crippen molar-refractivity contribution in [1.29, 1.82) is 0 Å². The standard InChI is InChI=1S/C14H11O.C5H5.2ClH.Hf/c1-15-13-8-4-6-11-9-10-5-2-3-7-12(10)14(11)13;1-2-4-5-3-1;;;/h2-5,7-8H,9H2,1H3;1-3H,4H2;2*1H;/q;;;;+2/p-2. The first-order chi connectivity index (χ1) is 10.4. The van der Waals surface area contributed by atoms with Gasteiger partial charge in [0.2, 0.25) is 0 Å². The fourth-order valence-corrected chi connectivity index (χ4v) is 7.80. The fourth-order valence-electron chi connectivity index (χ4n) is 3.21. The summed E-state index contributed by atoms with van der Waals surface area (Å²) in [6, 6.07) is 13.3. The SMILES string of the molecule is COc1cc[c]([Hf+2][C]2=CC=CC2)c2c1-c1ccccc1C2.[Cl-].[Cl-]. The fraction of sp³-hybridized carbons (Fsp3) is 0.158. The largest absolute Gasteiger partial charge is 1.00 e. The Hall–Kier alpha value is -0.830. The normalized spacial score (nSPS) is 13.2. The van der Waals surface area contributed by atoms with Crippen molar-refractivity contribution in [3.8, 4) is 16.9 Å². The third-order valence-electron chi connectivity index (χ3n) is 4.21. The van der Waals surface area contributed by atoms with Crippen LogP contribution in [-0.4, -0.2) is 7.11 Å². The smallest absolute Gasteiger partial charge is 1.00 e. The van der Waals surface area contributed by atoms with E-state index >= 15 is 0 Å². The van der Waals surface area contributed by atoms with Gasteiger partial charge in [-0.1, -0.05) is 0 Å². The van der Waals surface area contributed by atoms with Gasteiger partial charge in [-0.05, 0) is 0 Å². The summed E-state index contributed by atoms with van der Waals surface area (Å²) >= 11 is -0.912. The summed E-state index contributed by atoms with van der Waals surface area (Å²) in [5.41, 5.74) is 5.70. The first-order valence-corrected chi connectivity index (χ1v) is 10.9. The van der Waals surface area contributed by atoms with Crippen molar-refractivity contribution in [3.05, 3.63) is 69.1 Å². The van der Waals surface area contributed by atoms with Gasteiger partial charge < -0.3 is 24.8 Å². The number of ether oxygens (including phenoxy) is 1. The average molecular weight is 510 g/mol. The van der Waals surface area contributed by atoms with Crippen molar-refractivity contribution in [2.45, 2.75) is 12.8 Å². The molecule has 23 heavy (non-hydrogen) atoms. The van der Waals surface area contributed by atoms with E-state index in [0.29, 0.717) is 0 Å². The third kappa shape index (κ3) is 3.35. The second-order valence-corrected chi connectivity index (χ2v) is 10.6. The van der Waals surface area contributed by atoms with E-state index in [-0.39, 0.29) is 24.8 Å². The van der Waals surface area contributed by atoms with E-state index in [1.165, 1.54) is 28.7 Å². The van der Waals surface area contributed by atoms with Crippen LogP contribution in [-0.2, 0) is 29.3 Å². The molecule has 0 unspecified atom stereocenters. The summed E-state index contributed by atoms with van der Waals surface area (Å²) in [6.07, 6.45) is 9.08. The van der Waals surface area contributed by atoms with Crippen molar-refractivity contribution < 1.29 is 52.5 Å². The maximum Gasteiger partial charge on any atom is -1.00 e. The molecule has 2 aromatic rings. The van der Waals surface area contributed by atoms with E-state index in [1.54, 1.807) is 13.8 Å². The topological polar surface area (TPSA) is 9.23 Å². The van der Waals surface area contributed by atoms with Gasteiger partial charge >= 0.3 is 137 Å². The Morgan fingerprint density at radius 3 is 2.61 bits per heavy atom. The molecule has 0 atom stereocenters. The summed E-state index contributed by atoms with van der Waals surface area (Å²) in [7, 11) is 1.78. The second-order valence-electron chi connectivity index (χ2n) is 5.45. The molecule has 0 heterocycles. The molecule has 0 fully saturated rings. The summed E-state index contributed by atoms with van der Waals surface area (Å²) in [6.45, 7) is 0. The van der Waals surface area contributed by atoms with Crippen LogP contribution in [0.1, 0.15) is 17.5 Å². The molecule has 1 nitrogen and oxygen atoms in total. The van der Waals surface area contributed by atoms with Crippen molar-refractivity contribution in [3.63, 3.8) is 0 Å². The van der Waals surface area contributed by atoms with Crippen LogP contribution in [0.4, 0.5) is 0 Å². The monoisotopic (exact) mass is 510 g/mol. The predicted octanol–water partition coefficient (Wildman–Crippen LogP) is -2.17. The van der Waals surface area contributed by atoms with Crippen LogP contribution in [0.2, 0.25) is 0 Å². The molecule has 0 bridgehead atoms. The van der Waals surface area contributed by atoms with Crippen LogP contribution in [0.15, 0.2) is 58.0 Å². The number of rotatable bonds is 3. The van der Waals surface area contributed by atoms with Gasteiger partial charge in [-0.15, -0.1) is 0 Å². The van der Waals surface area contributed by atoms with Crippen LogP contribution in [0.3, 0.4) is 0 Å². The molecule has 116 valence electrons. The summed E-state index contributed by atoms with van der Waals surface area (Å²) in [5, 5.41) is 0. The molecule has 0 aromatic heterocycles. The Bertz CT molecular complexity index is 781.